The molecule has 0 spiro atoms. The van der Waals surface area contributed by atoms with Crippen LogP contribution in [0.2, 0.25) is 0 Å². The average molecular weight is 277 g/mol. The molecular formula is C15H23N3O2. The van der Waals surface area contributed by atoms with Gasteiger partial charge in [0.05, 0.1) is 13.2 Å². The molecule has 5 nitrogen and oxygen atoms in total. The Morgan fingerprint density at radius 3 is 2.65 bits per heavy atom. The number of hydrogen-bond donors (Lipinski definition) is 1. The molecule has 1 aromatic carbocycles. The SMILES string of the molecule is CC[C@@H](N)C(=O)N1CCN(c2cccc(OC)c2)CC1. The lowest BCUT2D eigenvalue weighted by Crippen LogP contribution is -2.53. The molecule has 5 heteroatoms. The average Bonchev–Trinajstić information content (AvgIpc) is 2.53. The van der Waals surface area contributed by atoms with E-state index < -0.39 is 0 Å². The third-order valence-corrected chi connectivity index (χ3v) is 3.77. The van der Waals surface area contributed by atoms with Crippen molar-refractivity contribution >= 4 is 11.6 Å². The lowest BCUT2D eigenvalue weighted by atomic mass is 10.2. The smallest absolute Gasteiger partial charge is 0.239 e. The molecule has 2 rings (SSSR count). The van der Waals surface area contributed by atoms with Gasteiger partial charge < -0.3 is 20.3 Å². The Labute approximate surface area is 120 Å². The van der Waals surface area contributed by atoms with Gasteiger partial charge in [0.25, 0.3) is 0 Å². The highest BCUT2D eigenvalue weighted by atomic mass is 16.5. The number of rotatable bonds is 4. The zero-order valence-electron chi connectivity index (χ0n) is 12.2. The fourth-order valence-electron chi connectivity index (χ4n) is 2.40. The summed E-state index contributed by atoms with van der Waals surface area (Å²) in [5.74, 6) is 0.923. The normalized spacial score (nSPS) is 16.9. The van der Waals surface area contributed by atoms with E-state index in [0.717, 1.165) is 37.6 Å². The summed E-state index contributed by atoms with van der Waals surface area (Å²) in [5.41, 5.74) is 6.95. The van der Waals surface area contributed by atoms with E-state index in [-0.39, 0.29) is 11.9 Å². The maximum Gasteiger partial charge on any atom is 0.239 e. The molecule has 20 heavy (non-hydrogen) atoms. The lowest BCUT2D eigenvalue weighted by Gasteiger charge is -2.37. The van der Waals surface area contributed by atoms with E-state index in [4.69, 9.17) is 10.5 Å². The first-order chi connectivity index (χ1) is 9.65. The molecule has 1 fully saturated rings. The Hall–Kier alpha value is -1.75. The van der Waals surface area contributed by atoms with Crippen molar-refractivity contribution in [2.24, 2.45) is 5.73 Å². The van der Waals surface area contributed by atoms with Crippen LogP contribution in [-0.4, -0.2) is 50.1 Å². The predicted molar refractivity (Wildman–Crippen MR) is 80.1 cm³/mol. The molecule has 0 saturated carbocycles. The van der Waals surface area contributed by atoms with E-state index in [1.54, 1.807) is 7.11 Å². The molecule has 1 aliphatic heterocycles. The van der Waals surface area contributed by atoms with E-state index in [1.165, 1.54) is 0 Å². The van der Waals surface area contributed by atoms with Gasteiger partial charge in [-0.25, -0.2) is 0 Å². The zero-order chi connectivity index (χ0) is 14.5. The van der Waals surface area contributed by atoms with Gasteiger partial charge in [-0.2, -0.15) is 0 Å². The molecule has 1 heterocycles. The van der Waals surface area contributed by atoms with Gasteiger partial charge in [0.15, 0.2) is 0 Å². The Balaban J connectivity index is 1.95. The number of methoxy groups -OCH3 is 1. The summed E-state index contributed by atoms with van der Waals surface area (Å²) in [6, 6.07) is 7.65. The molecule has 110 valence electrons. The van der Waals surface area contributed by atoms with Crippen molar-refractivity contribution in [2.45, 2.75) is 19.4 Å². The number of amides is 1. The van der Waals surface area contributed by atoms with Gasteiger partial charge in [0.2, 0.25) is 5.91 Å². The molecule has 1 amide bonds. The van der Waals surface area contributed by atoms with E-state index >= 15 is 0 Å². The van der Waals surface area contributed by atoms with Gasteiger partial charge in [0, 0.05) is 37.9 Å². The van der Waals surface area contributed by atoms with E-state index in [0.29, 0.717) is 6.42 Å². The monoisotopic (exact) mass is 277 g/mol. The standard InChI is InChI=1S/C15H23N3O2/c1-3-14(16)15(19)18-9-7-17(8-10-18)12-5-4-6-13(11-12)20-2/h4-6,11,14H,3,7-10,16H2,1-2H3/t14-/m1/s1. The molecule has 0 aromatic heterocycles. The molecule has 0 aliphatic carbocycles. The van der Waals surface area contributed by atoms with Crippen molar-refractivity contribution in [1.82, 2.24) is 4.90 Å². The Morgan fingerprint density at radius 1 is 1.35 bits per heavy atom. The second-order valence-corrected chi connectivity index (χ2v) is 5.03. The van der Waals surface area contributed by atoms with Crippen LogP contribution in [0.25, 0.3) is 0 Å². The fourth-order valence-corrected chi connectivity index (χ4v) is 2.40. The van der Waals surface area contributed by atoms with Crippen LogP contribution >= 0.6 is 0 Å². The fraction of sp³-hybridized carbons (Fsp3) is 0.533. The number of benzene rings is 1. The van der Waals surface area contributed by atoms with E-state index in [9.17, 15) is 4.79 Å². The molecule has 1 atom stereocenters. The third-order valence-electron chi connectivity index (χ3n) is 3.77. The minimum atomic E-state index is -0.363. The number of ether oxygens (including phenoxy) is 1. The first kappa shape index (κ1) is 14.7. The molecule has 1 saturated heterocycles. The van der Waals surface area contributed by atoms with Crippen molar-refractivity contribution in [3.05, 3.63) is 24.3 Å². The summed E-state index contributed by atoms with van der Waals surface area (Å²) >= 11 is 0. The van der Waals surface area contributed by atoms with Crippen LogP contribution in [0.15, 0.2) is 24.3 Å². The van der Waals surface area contributed by atoms with Crippen molar-refractivity contribution < 1.29 is 9.53 Å². The van der Waals surface area contributed by atoms with Gasteiger partial charge in [-0.3, -0.25) is 4.79 Å². The molecule has 2 N–H and O–H groups in total. The minimum absolute atomic E-state index is 0.0674. The number of nitrogens with two attached hydrogens (primary N) is 1. The van der Waals surface area contributed by atoms with Gasteiger partial charge in [0.1, 0.15) is 5.75 Å². The largest absolute Gasteiger partial charge is 0.497 e. The Morgan fingerprint density at radius 2 is 2.05 bits per heavy atom. The number of nitrogens with zero attached hydrogens (tertiary/aromatic N) is 2. The Bertz CT molecular complexity index is 456. The van der Waals surface area contributed by atoms with Gasteiger partial charge in [-0.05, 0) is 18.6 Å². The van der Waals surface area contributed by atoms with Crippen molar-refractivity contribution in [1.29, 1.82) is 0 Å². The Kier molecular flexibility index (Phi) is 4.84. The molecule has 1 aliphatic rings. The predicted octanol–water partition coefficient (Wildman–Crippen LogP) is 1.08. The third kappa shape index (κ3) is 3.22. The van der Waals surface area contributed by atoms with Crippen molar-refractivity contribution in [2.75, 3.05) is 38.2 Å². The first-order valence-corrected chi connectivity index (χ1v) is 7.09. The topological polar surface area (TPSA) is 58.8 Å². The van der Waals surface area contributed by atoms with Crippen LogP contribution in [0.4, 0.5) is 5.69 Å². The molecular weight excluding hydrogens is 254 g/mol. The highest BCUT2D eigenvalue weighted by molar-refractivity contribution is 5.81. The molecule has 0 unspecified atom stereocenters. The van der Waals surface area contributed by atoms with Crippen molar-refractivity contribution in [3.63, 3.8) is 0 Å². The molecule has 1 aromatic rings. The molecule has 0 radical (unpaired) electrons. The molecule has 0 bridgehead atoms. The summed E-state index contributed by atoms with van der Waals surface area (Å²) in [6.07, 6.45) is 0.689. The van der Waals surface area contributed by atoms with Crippen LogP contribution in [0.5, 0.6) is 5.75 Å². The summed E-state index contributed by atoms with van der Waals surface area (Å²) in [5, 5.41) is 0. The second kappa shape index (κ2) is 6.61. The highest BCUT2D eigenvalue weighted by Gasteiger charge is 2.24. The number of hydrogen-bond acceptors (Lipinski definition) is 4. The quantitative estimate of drug-likeness (QED) is 0.895. The van der Waals surface area contributed by atoms with Crippen LogP contribution in [0.3, 0.4) is 0 Å². The van der Waals surface area contributed by atoms with Crippen LogP contribution in [0.1, 0.15) is 13.3 Å². The van der Waals surface area contributed by atoms with Gasteiger partial charge in [-0.1, -0.05) is 13.0 Å². The lowest BCUT2D eigenvalue weighted by molar-refractivity contribution is -0.132. The van der Waals surface area contributed by atoms with Gasteiger partial charge >= 0.3 is 0 Å². The highest BCUT2D eigenvalue weighted by Crippen LogP contribution is 2.22. The first-order valence-electron chi connectivity index (χ1n) is 7.09. The summed E-state index contributed by atoms with van der Waals surface area (Å²) in [4.78, 5) is 16.2. The number of piperazine rings is 1. The summed E-state index contributed by atoms with van der Waals surface area (Å²) < 4.78 is 5.24. The van der Waals surface area contributed by atoms with Crippen LogP contribution in [-0.2, 0) is 4.79 Å². The van der Waals surface area contributed by atoms with Gasteiger partial charge in [-0.15, -0.1) is 0 Å². The van der Waals surface area contributed by atoms with E-state index in [1.807, 2.05) is 30.0 Å². The minimum Gasteiger partial charge on any atom is -0.497 e. The second-order valence-electron chi connectivity index (χ2n) is 5.03. The number of carbonyl (C=O) groups excluding carboxylic acids is 1. The number of anilines is 1. The zero-order valence-corrected chi connectivity index (χ0v) is 12.2. The summed E-state index contributed by atoms with van der Waals surface area (Å²) in [7, 11) is 1.67. The maximum absolute atomic E-state index is 12.0. The van der Waals surface area contributed by atoms with Crippen LogP contribution in [0, 0.1) is 0 Å². The van der Waals surface area contributed by atoms with Crippen molar-refractivity contribution in [3.8, 4) is 5.75 Å². The number of carbonyl (C=O) groups is 1. The van der Waals surface area contributed by atoms with Crippen LogP contribution < -0.4 is 15.4 Å². The maximum atomic E-state index is 12.0. The summed E-state index contributed by atoms with van der Waals surface area (Å²) in [6.45, 7) is 5.05. The van der Waals surface area contributed by atoms with E-state index in [2.05, 4.69) is 11.0 Å².